The van der Waals surface area contributed by atoms with Gasteiger partial charge in [-0.25, -0.2) is 0 Å². The molecule has 2 nitrogen and oxygen atoms in total. The normalized spacial score (nSPS) is 12.7. The first kappa shape index (κ1) is 31.4. The first-order valence-corrected chi connectivity index (χ1v) is 19.0. The molecule has 0 N–H and O–H groups in total. The van der Waals surface area contributed by atoms with Crippen LogP contribution in [-0.4, -0.2) is 13.2 Å². The van der Waals surface area contributed by atoms with Gasteiger partial charge in [-0.3, -0.25) is 0 Å². The molecule has 0 unspecified atom stereocenters. The van der Waals surface area contributed by atoms with E-state index in [1.165, 1.54) is 54.1 Å². The van der Waals surface area contributed by atoms with Crippen LogP contribution in [-0.2, 0) is 0 Å². The Morgan fingerprint density at radius 2 is 0.681 bits per heavy atom. The van der Waals surface area contributed by atoms with E-state index in [-0.39, 0.29) is 0 Å². The van der Waals surface area contributed by atoms with Crippen LogP contribution in [0.1, 0.15) is 28.7 Å². The average molecular weight is 651 g/mol. The molecule has 1 aliphatic heterocycles. The lowest BCUT2D eigenvalue weighted by Crippen LogP contribution is -2.26. The molecule has 234 valence electrons. The molecular formula is C43H40O2P2. The summed E-state index contributed by atoms with van der Waals surface area (Å²) in [6, 6.07) is 49.7. The zero-order valence-electron chi connectivity index (χ0n) is 27.5. The van der Waals surface area contributed by atoms with Crippen molar-refractivity contribution in [2.24, 2.45) is 0 Å². The Kier molecular flexibility index (Phi) is 9.26. The molecule has 7 rings (SSSR count). The average Bonchev–Trinajstić information content (AvgIpc) is 3.18. The predicted octanol–water partition coefficient (Wildman–Crippen LogP) is 8.26. The second kappa shape index (κ2) is 13.9. The van der Waals surface area contributed by atoms with Crippen LogP contribution in [0.3, 0.4) is 0 Å². The predicted molar refractivity (Wildman–Crippen MR) is 204 cm³/mol. The number of benzene rings is 6. The Hall–Kier alpha value is -4.22. The highest BCUT2D eigenvalue weighted by Gasteiger charge is 2.30. The molecule has 6 aromatic carbocycles. The van der Waals surface area contributed by atoms with E-state index in [1.807, 2.05) is 0 Å². The van der Waals surface area contributed by atoms with Crippen molar-refractivity contribution in [2.45, 2.75) is 34.1 Å². The van der Waals surface area contributed by atoms with Gasteiger partial charge < -0.3 is 9.47 Å². The van der Waals surface area contributed by atoms with Gasteiger partial charge in [0.15, 0.2) is 0 Å². The van der Waals surface area contributed by atoms with Gasteiger partial charge in [-0.05, 0) is 87.5 Å². The monoisotopic (exact) mass is 650 g/mol. The summed E-state index contributed by atoms with van der Waals surface area (Å²) in [7, 11) is -1.83. The van der Waals surface area contributed by atoms with E-state index in [0.29, 0.717) is 13.2 Å². The summed E-state index contributed by atoms with van der Waals surface area (Å²) in [5, 5.41) is 7.85. The third-order valence-electron chi connectivity index (χ3n) is 8.71. The summed E-state index contributed by atoms with van der Waals surface area (Å²) >= 11 is 0. The third kappa shape index (κ3) is 6.64. The van der Waals surface area contributed by atoms with Crippen molar-refractivity contribution >= 4 is 47.7 Å². The van der Waals surface area contributed by atoms with Gasteiger partial charge >= 0.3 is 0 Å². The molecule has 0 amide bonds. The van der Waals surface area contributed by atoms with Crippen LogP contribution < -0.4 is 41.3 Å². The molecule has 0 fully saturated rings. The molecular weight excluding hydrogens is 610 g/mol. The standard InChI is InChI=1S/C43H40O2P2/c1-30-12-20-34(21-13-30)46(35-22-14-31(2)15-23-35)40-10-5-8-38-42(40)43-39(45-29-7-28-44-38)9-6-11-41(43)47(36-24-16-32(3)17-25-36)37-26-18-33(4)19-27-37/h5-6,8-27H,7,28-29H2,1-4H3. The first-order valence-electron chi connectivity index (χ1n) is 16.4. The summed E-state index contributed by atoms with van der Waals surface area (Å²) in [5.74, 6) is 1.85. The highest BCUT2D eigenvalue weighted by Crippen LogP contribution is 2.47. The Balaban J connectivity index is 1.54. The third-order valence-corrected chi connectivity index (χ3v) is 13.7. The SMILES string of the molecule is Cc1ccc(P(c2ccc(C)cc2)c2cccc3c2-c2c(cccc2P(c2ccc(C)cc2)c2ccc(C)cc2)OCCCO3)cc1. The van der Waals surface area contributed by atoms with Crippen molar-refractivity contribution < 1.29 is 9.47 Å². The van der Waals surface area contributed by atoms with E-state index in [9.17, 15) is 0 Å². The van der Waals surface area contributed by atoms with Gasteiger partial charge in [-0.2, -0.15) is 0 Å². The fourth-order valence-corrected chi connectivity index (χ4v) is 11.1. The molecule has 4 heteroatoms. The topological polar surface area (TPSA) is 18.5 Å². The van der Waals surface area contributed by atoms with Crippen LogP contribution >= 0.6 is 15.8 Å². The van der Waals surface area contributed by atoms with Crippen LogP contribution in [0.25, 0.3) is 11.1 Å². The van der Waals surface area contributed by atoms with E-state index < -0.39 is 15.8 Å². The largest absolute Gasteiger partial charge is 0.493 e. The molecule has 0 spiro atoms. The van der Waals surface area contributed by atoms with E-state index in [1.54, 1.807) is 0 Å². The van der Waals surface area contributed by atoms with Gasteiger partial charge in [0.05, 0.1) is 13.2 Å². The fourth-order valence-electron chi connectivity index (χ4n) is 6.21. The zero-order chi connectivity index (χ0) is 32.3. The van der Waals surface area contributed by atoms with Crippen molar-refractivity contribution in [1.82, 2.24) is 0 Å². The lowest BCUT2D eigenvalue weighted by Gasteiger charge is -2.28. The molecule has 6 aromatic rings. The molecule has 0 bridgehead atoms. The second-order valence-electron chi connectivity index (χ2n) is 12.4. The molecule has 1 aliphatic rings. The molecule has 0 saturated carbocycles. The minimum atomic E-state index is -0.916. The summed E-state index contributed by atoms with van der Waals surface area (Å²) in [5.41, 5.74) is 7.35. The van der Waals surface area contributed by atoms with Crippen molar-refractivity contribution in [3.63, 3.8) is 0 Å². The molecule has 0 saturated heterocycles. The van der Waals surface area contributed by atoms with Gasteiger partial charge in [0.2, 0.25) is 0 Å². The van der Waals surface area contributed by atoms with Crippen LogP contribution in [0.15, 0.2) is 133 Å². The molecule has 0 radical (unpaired) electrons. The van der Waals surface area contributed by atoms with E-state index >= 15 is 0 Å². The van der Waals surface area contributed by atoms with E-state index in [4.69, 9.17) is 9.47 Å². The van der Waals surface area contributed by atoms with Gasteiger partial charge in [-0.1, -0.05) is 144 Å². The fraction of sp³-hybridized carbons (Fsp3) is 0.163. The van der Waals surface area contributed by atoms with E-state index in [2.05, 4.69) is 161 Å². The summed E-state index contributed by atoms with van der Waals surface area (Å²) < 4.78 is 13.4. The highest BCUT2D eigenvalue weighted by molar-refractivity contribution is 7.80. The Labute approximate surface area is 281 Å². The molecule has 1 heterocycles. The quantitative estimate of drug-likeness (QED) is 0.169. The maximum atomic E-state index is 6.68. The van der Waals surface area contributed by atoms with Crippen LogP contribution in [0, 0.1) is 27.7 Å². The number of fused-ring (bicyclic) bond motifs is 3. The molecule has 0 aliphatic carbocycles. The summed E-state index contributed by atoms with van der Waals surface area (Å²) in [4.78, 5) is 0. The molecule has 0 atom stereocenters. The Morgan fingerprint density at radius 3 is 0.979 bits per heavy atom. The smallest absolute Gasteiger partial charge is 0.127 e. The maximum Gasteiger partial charge on any atom is 0.127 e. The number of rotatable bonds is 6. The summed E-state index contributed by atoms with van der Waals surface area (Å²) in [6.45, 7) is 9.85. The van der Waals surface area contributed by atoms with E-state index in [0.717, 1.165) is 29.0 Å². The molecule has 47 heavy (non-hydrogen) atoms. The van der Waals surface area contributed by atoms with Crippen molar-refractivity contribution in [1.29, 1.82) is 0 Å². The number of hydrogen-bond acceptors (Lipinski definition) is 2. The van der Waals surface area contributed by atoms with Crippen LogP contribution in [0.4, 0.5) is 0 Å². The second-order valence-corrected chi connectivity index (χ2v) is 16.7. The number of aryl methyl sites for hydroxylation is 4. The van der Waals surface area contributed by atoms with Crippen molar-refractivity contribution in [2.75, 3.05) is 13.2 Å². The maximum absolute atomic E-state index is 6.68. The zero-order valence-corrected chi connectivity index (χ0v) is 29.3. The lowest BCUT2D eigenvalue weighted by atomic mass is 10.0. The van der Waals surface area contributed by atoms with Crippen molar-refractivity contribution in [3.8, 4) is 22.6 Å². The van der Waals surface area contributed by atoms with Crippen molar-refractivity contribution in [3.05, 3.63) is 156 Å². The van der Waals surface area contributed by atoms with Gasteiger partial charge in [-0.15, -0.1) is 0 Å². The Bertz CT molecular complexity index is 1740. The van der Waals surface area contributed by atoms with Crippen LogP contribution in [0.2, 0.25) is 0 Å². The van der Waals surface area contributed by atoms with Gasteiger partial charge in [0.1, 0.15) is 11.5 Å². The van der Waals surface area contributed by atoms with Crippen LogP contribution in [0.5, 0.6) is 11.5 Å². The first-order chi connectivity index (χ1) is 23.0. The van der Waals surface area contributed by atoms with Gasteiger partial charge in [0, 0.05) is 17.5 Å². The minimum Gasteiger partial charge on any atom is -0.493 e. The highest BCUT2D eigenvalue weighted by atomic mass is 31.1. The summed E-state index contributed by atoms with van der Waals surface area (Å²) in [6.07, 6.45) is 0.822. The molecule has 0 aromatic heterocycles. The minimum absolute atomic E-state index is 0.609. The Morgan fingerprint density at radius 1 is 0.383 bits per heavy atom. The number of hydrogen-bond donors (Lipinski definition) is 0. The lowest BCUT2D eigenvalue weighted by molar-refractivity contribution is 0.252. The van der Waals surface area contributed by atoms with Gasteiger partial charge in [0.25, 0.3) is 0 Å². The number of ether oxygens (including phenoxy) is 2.